The lowest BCUT2D eigenvalue weighted by atomic mass is 10.00. The van der Waals surface area contributed by atoms with Gasteiger partial charge >= 0.3 is 0 Å². The van der Waals surface area contributed by atoms with Crippen LogP contribution in [0.15, 0.2) is 4.99 Å². The highest BCUT2D eigenvalue weighted by Crippen LogP contribution is 2.28. The highest BCUT2D eigenvalue weighted by atomic mass is 15.3. The number of nitrogens with two attached hydrogens (primary N) is 1. The van der Waals surface area contributed by atoms with E-state index in [0.29, 0.717) is 6.04 Å². The number of likely N-dealkylation sites (tertiary alicyclic amines) is 1. The van der Waals surface area contributed by atoms with Gasteiger partial charge in [-0.25, -0.2) is 0 Å². The second-order valence-electron chi connectivity index (χ2n) is 6.47. The minimum atomic E-state index is 0.625. The molecule has 1 aliphatic carbocycles. The molecular weight excluding hydrogens is 236 g/mol. The van der Waals surface area contributed by atoms with Gasteiger partial charge in [0, 0.05) is 31.7 Å². The fraction of sp³-hybridized carbons (Fsp3) is 0.933. The molecule has 1 aliphatic heterocycles. The lowest BCUT2D eigenvalue weighted by Gasteiger charge is -2.31. The molecule has 2 aliphatic rings. The SMILES string of the molecule is CC1CCN(C(N)=NCCN(C(C)C)C2CC2)CC1. The van der Waals surface area contributed by atoms with Crippen LogP contribution in [0, 0.1) is 5.92 Å². The largest absolute Gasteiger partial charge is 0.370 e. The van der Waals surface area contributed by atoms with Crippen LogP contribution in [-0.4, -0.2) is 54.0 Å². The summed E-state index contributed by atoms with van der Waals surface area (Å²) < 4.78 is 0. The van der Waals surface area contributed by atoms with Gasteiger partial charge in [-0.2, -0.15) is 0 Å². The highest BCUT2D eigenvalue weighted by Gasteiger charge is 2.30. The van der Waals surface area contributed by atoms with Crippen LogP contribution in [-0.2, 0) is 0 Å². The first-order valence-electron chi connectivity index (χ1n) is 7.88. The molecule has 0 atom stereocenters. The fourth-order valence-electron chi connectivity index (χ4n) is 2.89. The zero-order valence-electron chi connectivity index (χ0n) is 12.8. The van der Waals surface area contributed by atoms with E-state index in [-0.39, 0.29) is 0 Å². The van der Waals surface area contributed by atoms with Crippen molar-refractivity contribution < 1.29 is 0 Å². The minimum Gasteiger partial charge on any atom is -0.370 e. The molecule has 0 radical (unpaired) electrons. The van der Waals surface area contributed by atoms with E-state index >= 15 is 0 Å². The van der Waals surface area contributed by atoms with E-state index in [0.717, 1.165) is 44.1 Å². The fourth-order valence-corrected chi connectivity index (χ4v) is 2.89. The van der Waals surface area contributed by atoms with Crippen molar-refractivity contribution in [2.45, 2.75) is 58.5 Å². The van der Waals surface area contributed by atoms with E-state index < -0.39 is 0 Å². The Morgan fingerprint density at radius 3 is 2.42 bits per heavy atom. The van der Waals surface area contributed by atoms with Gasteiger partial charge in [0.25, 0.3) is 0 Å². The third-order valence-corrected chi connectivity index (χ3v) is 4.42. The summed E-state index contributed by atoms with van der Waals surface area (Å²) >= 11 is 0. The number of nitrogens with zero attached hydrogens (tertiary/aromatic N) is 3. The van der Waals surface area contributed by atoms with Gasteiger partial charge in [0.15, 0.2) is 5.96 Å². The molecule has 0 aromatic heterocycles. The summed E-state index contributed by atoms with van der Waals surface area (Å²) in [5.41, 5.74) is 6.11. The molecule has 0 unspecified atom stereocenters. The van der Waals surface area contributed by atoms with E-state index in [4.69, 9.17) is 5.73 Å². The molecule has 0 spiro atoms. The zero-order chi connectivity index (χ0) is 13.8. The first-order chi connectivity index (χ1) is 9.08. The molecule has 2 fully saturated rings. The molecule has 1 saturated heterocycles. The van der Waals surface area contributed by atoms with Crippen LogP contribution in [0.25, 0.3) is 0 Å². The Bertz CT molecular complexity index is 299. The van der Waals surface area contributed by atoms with Crippen LogP contribution in [0.3, 0.4) is 0 Å². The van der Waals surface area contributed by atoms with Crippen LogP contribution in [0.4, 0.5) is 0 Å². The first-order valence-corrected chi connectivity index (χ1v) is 7.88. The Morgan fingerprint density at radius 2 is 1.89 bits per heavy atom. The summed E-state index contributed by atoms with van der Waals surface area (Å²) in [4.78, 5) is 9.40. The Balaban J connectivity index is 1.74. The second kappa shape index (κ2) is 6.60. The first kappa shape index (κ1) is 14.6. The molecule has 0 amide bonds. The van der Waals surface area contributed by atoms with Crippen molar-refractivity contribution in [3.8, 4) is 0 Å². The molecule has 4 heteroatoms. The van der Waals surface area contributed by atoms with E-state index in [2.05, 4.69) is 35.6 Å². The Kier molecular flexibility index (Phi) is 5.08. The maximum atomic E-state index is 6.11. The molecule has 1 heterocycles. The third kappa shape index (κ3) is 4.37. The number of aliphatic imine (C=N–C) groups is 1. The summed E-state index contributed by atoms with van der Waals surface area (Å²) in [5.74, 6) is 1.60. The van der Waals surface area contributed by atoms with Crippen molar-refractivity contribution in [1.29, 1.82) is 0 Å². The standard InChI is InChI=1S/C15H30N4/c1-12(2)19(14-4-5-14)11-8-17-15(16)18-9-6-13(3)7-10-18/h12-14H,4-11H2,1-3H3,(H2,16,17). The Morgan fingerprint density at radius 1 is 1.26 bits per heavy atom. The van der Waals surface area contributed by atoms with E-state index in [1.54, 1.807) is 0 Å². The van der Waals surface area contributed by atoms with Crippen molar-refractivity contribution in [2.24, 2.45) is 16.6 Å². The molecular formula is C15H30N4. The van der Waals surface area contributed by atoms with Gasteiger partial charge < -0.3 is 10.6 Å². The molecule has 19 heavy (non-hydrogen) atoms. The van der Waals surface area contributed by atoms with Crippen molar-refractivity contribution in [2.75, 3.05) is 26.2 Å². The van der Waals surface area contributed by atoms with Gasteiger partial charge in [-0.15, -0.1) is 0 Å². The molecule has 0 bridgehead atoms. The van der Waals surface area contributed by atoms with Crippen molar-refractivity contribution in [3.05, 3.63) is 0 Å². The monoisotopic (exact) mass is 266 g/mol. The van der Waals surface area contributed by atoms with Crippen LogP contribution >= 0.6 is 0 Å². The molecule has 110 valence electrons. The molecule has 2 N–H and O–H groups in total. The van der Waals surface area contributed by atoms with Gasteiger partial charge in [0.05, 0.1) is 6.54 Å². The molecule has 1 saturated carbocycles. The van der Waals surface area contributed by atoms with Gasteiger partial charge in [-0.3, -0.25) is 9.89 Å². The average Bonchev–Trinajstić information content (AvgIpc) is 3.19. The predicted octanol–water partition coefficient (Wildman–Crippen LogP) is 1.91. The maximum Gasteiger partial charge on any atom is 0.191 e. The molecule has 4 nitrogen and oxygen atoms in total. The van der Waals surface area contributed by atoms with Gasteiger partial charge in [0.1, 0.15) is 0 Å². The number of rotatable bonds is 5. The van der Waals surface area contributed by atoms with Gasteiger partial charge in [-0.1, -0.05) is 6.92 Å². The van der Waals surface area contributed by atoms with Gasteiger partial charge in [0.2, 0.25) is 0 Å². The van der Waals surface area contributed by atoms with Crippen molar-refractivity contribution in [3.63, 3.8) is 0 Å². The Hall–Kier alpha value is -0.770. The summed E-state index contributed by atoms with van der Waals surface area (Å²) in [7, 11) is 0. The molecule has 0 aromatic rings. The smallest absolute Gasteiger partial charge is 0.191 e. The minimum absolute atomic E-state index is 0.625. The van der Waals surface area contributed by atoms with E-state index in [1.165, 1.54) is 25.7 Å². The third-order valence-electron chi connectivity index (χ3n) is 4.42. The lowest BCUT2D eigenvalue weighted by Crippen LogP contribution is -2.43. The quantitative estimate of drug-likeness (QED) is 0.611. The van der Waals surface area contributed by atoms with Crippen molar-refractivity contribution in [1.82, 2.24) is 9.80 Å². The van der Waals surface area contributed by atoms with Crippen LogP contribution in [0.1, 0.15) is 46.5 Å². The number of piperidine rings is 1. The van der Waals surface area contributed by atoms with E-state index in [1.807, 2.05) is 0 Å². The Labute approximate surface area is 118 Å². The number of guanidine groups is 1. The van der Waals surface area contributed by atoms with Crippen LogP contribution in [0.5, 0.6) is 0 Å². The topological polar surface area (TPSA) is 44.9 Å². The van der Waals surface area contributed by atoms with Gasteiger partial charge in [-0.05, 0) is 45.4 Å². The summed E-state index contributed by atoms with van der Waals surface area (Å²) in [6, 6.07) is 1.44. The normalized spacial score (nSPS) is 22.6. The highest BCUT2D eigenvalue weighted by molar-refractivity contribution is 5.78. The van der Waals surface area contributed by atoms with E-state index in [9.17, 15) is 0 Å². The summed E-state index contributed by atoms with van der Waals surface area (Å²) in [5, 5.41) is 0. The lowest BCUT2D eigenvalue weighted by molar-refractivity contribution is 0.217. The molecule has 2 rings (SSSR count). The number of hydrogen-bond acceptors (Lipinski definition) is 2. The second-order valence-corrected chi connectivity index (χ2v) is 6.47. The van der Waals surface area contributed by atoms with Crippen LogP contribution in [0.2, 0.25) is 0 Å². The summed E-state index contributed by atoms with van der Waals surface area (Å²) in [6.45, 7) is 10.9. The maximum absolute atomic E-state index is 6.11. The van der Waals surface area contributed by atoms with Crippen LogP contribution < -0.4 is 5.73 Å². The molecule has 0 aromatic carbocycles. The number of hydrogen-bond donors (Lipinski definition) is 1. The average molecular weight is 266 g/mol. The zero-order valence-corrected chi connectivity index (χ0v) is 12.8. The van der Waals surface area contributed by atoms with Crippen molar-refractivity contribution >= 4 is 5.96 Å². The summed E-state index contributed by atoms with van der Waals surface area (Å²) in [6.07, 6.45) is 5.22. The predicted molar refractivity (Wildman–Crippen MR) is 81.3 cm³/mol.